The summed E-state index contributed by atoms with van der Waals surface area (Å²) in [6, 6.07) is 13.8. The Morgan fingerprint density at radius 3 is 2.54 bits per heavy atom. The summed E-state index contributed by atoms with van der Waals surface area (Å²) >= 11 is 5.80. The van der Waals surface area contributed by atoms with Gasteiger partial charge < -0.3 is 15.6 Å². The third-order valence-electron chi connectivity index (χ3n) is 3.83. The van der Waals surface area contributed by atoms with E-state index in [9.17, 15) is 14.4 Å². The van der Waals surface area contributed by atoms with Crippen LogP contribution in [0.2, 0.25) is 5.02 Å². The maximum absolute atomic E-state index is 12.1. The van der Waals surface area contributed by atoms with Gasteiger partial charge in [0.1, 0.15) is 0 Å². The van der Waals surface area contributed by atoms with Crippen LogP contribution in [0, 0.1) is 0 Å². The Morgan fingerprint density at radius 2 is 1.75 bits per heavy atom. The van der Waals surface area contributed by atoms with Crippen molar-refractivity contribution < 1.29 is 9.59 Å². The van der Waals surface area contributed by atoms with E-state index in [1.54, 1.807) is 54.6 Å². The molecule has 1 aromatic heterocycles. The van der Waals surface area contributed by atoms with Crippen LogP contribution in [0.4, 0.5) is 0 Å². The second kappa shape index (κ2) is 8.96. The van der Waals surface area contributed by atoms with Crippen molar-refractivity contribution in [3.8, 4) is 0 Å². The molecule has 3 N–H and O–H groups in total. The predicted molar refractivity (Wildman–Crippen MR) is 108 cm³/mol. The zero-order chi connectivity index (χ0) is 19.9. The molecule has 142 valence electrons. The molecule has 0 unspecified atom stereocenters. The van der Waals surface area contributed by atoms with E-state index in [4.69, 9.17) is 11.6 Å². The van der Waals surface area contributed by atoms with Gasteiger partial charge in [-0.2, -0.15) is 0 Å². The zero-order valence-electron chi connectivity index (χ0n) is 14.7. The van der Waals surface area contributed by atoms with E-state index < -0.39 is 5.91 Å². The van der Waals surface area contributed by atoms with Crippen LogP contribution < -0.4 is 16.2 Å². The first-order valence-corrected chi connectivity index (χ1v) is 8.89. The first kappa shape index (κ1) is 19.3. The molecule has 0 saturated heterocycles. The van der Waals surface area contributed by atoms with Gasteiger partial charge in [0.2, 0.25) is 5.91 Å². The Bertz CT molecular complexity index is 1090. The topological polar surface area (TPSA) is 104 Å². The molecule has 0 fully saturated rings. The van der Waals surface area contributed by atoms with Crippen molar-refractivity contribution in [1.82, 2.24) is 20.6 Å². The lowest BCUT2D eigenvalue weighted by atomic mass is 10.2. The molecule has 2 aromatic carbocycles. The SMILES string of the molecule is O=C(C=Cc1ccc(Cl)cc1)NCCNC(=O)c1nc2ccccc2c(=O)[nH]1. The van der Waals surface area contributed by atoms with Crippen molar-refractivity contribution in [2.45, 2.75) is 0 Å². The maximum atomic E-state index is 12.1. The molecule has 8 heteroatoms. The van der Waals surface area contributed by atoms with Crippen molar-refractivity contribution >= 4 is 40.4 Å². The number of amides is 2. The number of H-pyrrole nitrogens is 1. The van der Waals surface area contributed by atoms with Gasteiger partial charge in [-0.25, -0.2) is 4.98 Å². The van der Waals surface area contributed by atoms with Crippen LogP contribution in [0.25, 0.3) is 17.0 Å². The minimum Gasteiger partial charge on any atom is -0.351 e. The molecule has 0 aliphatic rings. The van der Waals surface area contributed by atoms with Crippen LogP contribution in [-0.2, 0) is 4.79 Å². The number of aromatic nitrogens is 2. The summed E-state index contributed by atoms with van der Waals surface area (Å²) < 4.78 is 0. The van der Waals surface area contributed by atoms with E-state index in [2.05, 4.69) is 20.6 Å². The highest BCUT2D eigenvalue weighted by molar-refractivity contribution is 6.30. The number of halogens is 1. The van der Waals surface area contributed by atoms with Crippen LogP contribution in [0.3, 0.4) is 0 Å². The lowest BCUT2D eigenvalue weighted by Gasteiger charge is -2.06. The molecule has 0 radical (unpaired) electrons. The third-order valence-corrected chi connectivity index (χ3v) is 4.09. The van der Waals surface area contributed by atoms with Gasteiger partial charge in [0.25, 0.3) is 11.5 Å². The number of para-hydroxylation sites is 1. The van der Waals surface area contributed by atoms with Crippen LogP contribution in [0.1, 0.15) is 16.2 Å². The Kier molecular flexibility index (Phi) is 6.18. The number of fused-ring (bicyclic) bond motifs is 1. The second-order valence-electron chi connectivity index (χ2n) is 5.86. The van der Waals surface area contributed by atoms with Crippen molar-refractivity contribution in [3.63, 3.8) is 0 Å². The average Bonchev–Trinajstić information content (AvgIpc) is 2.70. The van der Waals surface area contributed by atoms with Gasteiger partial charge in [-0.05, 0) is 35.9 Å². The Hall–Kier alpha value is -3.45. The molecule has 7 nitrogen and oxygen atoms in total. The zero-order valence-corrected chi connectivity index (χ0v) is 15.5. The van der Waals surface area contributed by atoms with Crippen molar-refractivity contribution in [2.24, 2.45) is 0 Å². The standard InChI is InChI=1S/C20H17ClN4O3/c21-14-8-5-13(6-9-14)7-10-17(26)22-11-12-23-20(28)18-24-16-4-2-1-3-15(16)19(27)25-18/h1-10H,11-12H2,(H,22,26)(H,23,28)(H,24,25,27). The van der Waals surface area contributed by atoms with Gasteiger partial charge in [-0.15, -0.1) is 0 Å². The molecular weight excluding hydrogens is 380 g/mol. The van der Waals surface area contributed by atoms with E-state index in [1.807, 2.05) is 0 Å². The van der Waals surface area contributed by atoms with Crippen LogP contribution in [0.15, 0.2) is 59.4 Å². The summed E-state index contributed by atoms with van der Waals surface area (Å²) in [5.74, 6) is -0.882. The molecule has 0 bridgehead atoms. The first-order chi connectivity index (χ1) is 13.5. The molecule has 3 aromatic rings. The van der Waals surface area contributed by atoms with Gasteiger partial charge in [-0.3, -0.25) is 14.4 Å². The smallest absolute Gasteiger partial charge is 0.287 e. The molecule has 1 heterocycles. The highest BCUT2D eigenvalue weighted by Gasteiger charge is 2.10. The minimum absolute atomic E-state index is 0.0716. The number of nitrogens with zero attached hydrogens (tertiary/aromatic N) is 1. The average molecular weight is 397 g/mol. The van der Waals surface area contributed by atoms with E-state index >= 15 is 0 Å². The van der Waals surface area contributed by atoms with Crippen LogP contribution in [-0.4, -0.2) is 34.9 Å². The fourth-order valence-corrected chi connectivity index (χ4v) is 2.57. The largest absolute Gasteiger partial charge is 0.351 e. The molecule has 2 amide bonds. The molecule has 0 aliphatic heterocycles. The number of carbonyl (C=O) groups is 2. The van der Waals surface area contributed by atoms with Gasteiger partial charge >= 0.3 is 0 Å². The number of nitrogens with one attached hydrogen (secondary N) is 3. The predicted octanol–water partition coefficient (Wildman–Crippen LogP) is 2.14. The summed E-state index contributed by atoms with van der Waals surface area (Å²) in [5.41, 5.74) is 0.910. The maximum Gasteiger partial charge on any atom is 0.287 e. The number of rotatable bonds is 6. The molecule has 0 spiro atoms. The van der Waals surface area contributed by atoms with Crippen molar-refractivity contribution in [3.05, 3.63) is 81.4 Å². The summed E-state index contributed by atoms with van der Waals surface area (Å²) in [5, 5.41) is 6.29. The van der Waals surface area contributed by atoms with E-state index in [-0.39, 0.29) is 30.4 Å². The van der Waals surface area contributed by atoms with E-state index in [0.29, 0.717) is 15.9 Å². The summed E-state index contributed by atoms with van der Waals surface area (Å²) in [6.45, 7) is 0.420. The Labute approximate surface area is 165 Å². The third kappa shape index (κ3) is 5.05. The molecule has 0 aliphatic carbocycles. The molecular formula is C20H17ClN4O3. The second-order valence-corrected chi connectivity index (χ2v) is 6.30. The first-order valence-electron chi connectivity index (χ1n) is 8.52. The lowest BCUT2D eigenvalue weighted by Crippen LogP contribution is -2.35. The fraction of sp³-hybridized carbons (Fsp3) is 0.100. The number of aromatic amines is 1. The Balaban J connectivity index is 1.48. The van der Waals surface area contributed by atoms with Gasteiger partial charge in [0.05, 0.1) is 10.9 Å². The van der Waals surface area contributed by atoms with E-state index in [0.717, 1.165) is 5.56 Å². The highest BCUT2D eigenvalue weighted by Crippen LogP contribution is 2.10. The normalized spacial score (nSPS) is 10.9. The van der Waals surface area contributed by atoms with Crippen LogP contribution >= 0.6 is 11.6 Å². The van der Waals surface area contributed by atoms with Gasteiger partial charge in [0.15, 0.2) is 5.82 Å². The monoisotopic (exact) mass is 396 g/mol. The molecule has 28 heavy (non-hydrogen) atoms. The minimum atomic E-state index is -0.520. The lowest BCUT2D eigenvalue weighted by molar-refractivity contribution is -0.116. The number of carbonyl (C=O) groups excluding carboxylic acids is 2. The molecule has 0 atom stereocenters. The number of benzene rings is 2. The summed E-state index contributed by atoms with van der Waals surface area (Å²) in [4.78, 5) is 42.5. The van der Waals surface area contributed by atoms with Crippen LogP contribution in [0.5, 0.6) is 0 Å². The Morgan fingerprint density at radius 1 is 1.04 bits per heavy atom. The van der Waals surface area contributed by atoms with Gasteiger partial charge in [0, 0.05) is 24.2 Å². The summed E-state index contributed by atoms with van der Waals surface area (Å²) in [7, 11) is 0. The van der Waals surface area contributed by atoms with Crippen molar-refractivity contribution in [1.29, 1.82) is 0 Å². The fourth-order valence-electron chi connectivity index (χ4n) is 2.44. The van der Waals surface area contributed by atoms with Crippen molar-refractivity contribution in [2.75, 3.05) is 13.1 Å². The quantitative estimate of drug-likeness (QED) is 0.438. The van der Waals surface area contributed by atoms with E-state index in [1.165, 1.54) is 6.08 Å². The molecule has 3 rings (SSSR count). The highest BCUT2D eigenvalue weighted by atomic mass is 35.5. The van der Waals surface area contributed by atoms with Gasteiger partial charge in [-0.1, -0.05) is 35.9 Å². The summed E-state index contributed by atoms with van der Waals surface area (Å²) in [6.07, 6.45) is 3.06. The number of hydrogen-bond donors (Lipinski definition) is 3. The number of hydrogen-bond acceptors (Lipinski definition) is 4. The molecule has 0 saturated carbocycles.